The topological polar surface area (TPSA) is 58.3 Å². The minimum Gasteiger partial charge on any atom is -0.383 e. The number of hydrogen-bond acceptors (Lipinski definition) is 5. The summed E-state index contributed by atoms with van der Waals surface area (Å²) in [6.45, 7) is 6.17. The molecule has 2 rings (SSSR count). The van der Waals surface area contributed by atoms with Gasteiger partial charge in [-0.15, -0.1) is 0 Å². The van der Waals surface area contributed by atoms with Gasteiger partial charge in [0.2, 0.25) is 0 Å². The van der Waals surface area contributed by atoms with E-state index in [-0.39, 0.29) is 0 Å². The standard InChI is InChI=1S/C14H25N5/c1-5-12-16-13(15)10(2)14(17-12)19-8-6-11(7-9-19)18(3)4/h11H,5-9H2,1-4H3,(H2,15,16,17). The van der Waals surface area contributed by atoms with Crippen LogP contribution in [-0.2, 0) is 6.42 Å². The third kappa shape index (κ3) is 2.97. The van der Waals surface area contributed by atoms with Gasteiger partial charge in [0.15, 0.2) is 0 Å². The normalized spacial score (nSPS) is 17.2. The van der Waals surface area contributed by atoms with E-state index in [4.69, 9.17) is 5.73 Å². The Hall–Kier alpha value is -1.36. The highest BCUT2D eigenvalue weighted by molar-refractivity contribution is 5.56. The zero-order valence-electron chi connectivity index (χ0n) is 12.5. The van der Waals surface area contributed by atoms with Crippen molar-refractivity contribution in [1.82, 2.24) is 14.9 Å². The first-order valence-corrected chi connectivity index (χ1v) is 7.07. The van der Waals surface area contributed by atoms with Gasteiger partial charge in [-0.05, 0) is 33.9 Å². The van der Waals surface area contributed by atoms with Crippen LogP contribution in [0.4, 0.5) is 11.6 Å². The van der Waals surface area contributed by atoms with Crippen molar-refractivity contribution in [2.45, 2.75) is 39.2 Å². The molecule has 2 N–H and O–H groups in total. The molecule has 0 spiro atoms. The molecule has 2 heterocycles. The monoisotopic (exact) mass is 263 g/mol. The van der Waals surface area contributed by atoms with Crippen LogP contribution >= 0.6 is 0 Å². The van der Waals surface area contributed by atoms with Crippen LogP contribution in [0.5, 0.6) is 0 Å². The average Bonchev–Trinajstić information content (AvgIpc) is 2.41. The van der Waals surface area contributed by atoms with Crippen LogP contribution in [0.2, 0.25) is 0 Å². The molecule has 5 heteroatoms. The van der Waals surface area contributed by atoms with E-state index in [0.717, 1.165) is 36.7 Å². The predicted molar refractivity (Wildman–Crippen MR) is 79.5 cm³/mol. The highest BCUT2D eigenvalue weighted by atomic mass is 15.2. The molecule has 1 aliphatic rings. The van der Waals surface area contributed by atoms with Gasteiger partial charge in [-0.1, -0.05) is 6.92 Å². The molecule has 1 aromatic heterocycles. The molecule has 0 bridgehead atoms. The van der Waals surface area contributed by atoms with Crippen molar-refractivity contribution in [3.05, 3.63) is 11.4 Å². The first kappa shape index (κ1) is 14.1. The summed E-state index contributed by atoms with van der Waals surface area (Å²) in [4.78, 5) is 13.7. The van der Waals surface area contributed by atoms with Crippen LogP contribution in [0.1, 0.15) is 31.2 Å². The fraction of sp³-hybridized carbons (Fsp3) is 0.714. The Morgan fingerprint density at radius 2 is 1.89 bits per heavy atom. The van der Waals surface area contributed by atoms with Gasteiger partial charge in [0.05, 0.1) is 0 Å². The second kappa shape index (κ2) is 5.74. The van der Waals surface area contributed by atoms with Gasteiger partial charge in [0.25, 0.3) is 0 Å². The number of anilines is 2. The summed E-state index contributed by atoms with van der Waals surface area (Å²) in [6.07, 6.45) is 3.18. The maximum absolute atomic E-state index is 5.99. The predicted octanol–water partition coefficient (Wildman–Crippen LogP) is 1.46. The van der Waals surface area contributed by atoms with E-state index in [1.165, 1.54) is 12.8 Å². The van der Waals surface area contributed by atoms with Gasteiger partial charge in [-0.25, -0.2) is 9.97 Å². The summed E-state index contributed by atoms with van der Waals surface area (Å²) >= 11 is 0. The highest BCUT2D eigenvalue weighted by Gasteiger charge is 2.23. The van der Waals surface area contributed by atoms with E-state index in [2.05, 4.69) is 40.8 Å². The average molecular weight is 263 g/mol. The lowest BCUT2D eigenvalue weighted by molar-refractivity contribution is 0.249. The maximum Gasteiger partial charge on any atom is 0.137 e. The summed E-state index contributed by atoms with van der Waals surface area (Å²) < 4.78 is 0. The van der Waals surface area contributed by atoms with Crippen LogP contribution < -0.4 is 10.6 Å². The lowest BCUT2D eigenvalue weighted by atomic mass is 10.0. The van der Waals surface area contributed by atoms with Crippen molar-refractivity contribution in [2.24, 2.45) is 0 Å². The van der Waals surface area contributed by atoms with Crippen LogP contribution in [0.15, 0.2) is 0 Å². The summed E-state index contributed by atoms with van der Waals surface area (Å²) in [5, 5.41) is 0. The molecule has 0 amide bonds. The van der Waals surface area contributed by atoms with Gasteiger partial charge >= 0.3 is 0 Å². The number of nitrogens with two attached hydrogens (primary N) is 1. The zero-order chi connectivity index (χ0) is 14.0. The third-order valence-electron chi connectivity index (χ3n) is 4.01. The lowest BCUT2D eigenvalue weighted by Crippen LogP contribution is -2.42. The minimum absolute atomic E-state index is 0.622. The second-order valence-corrected chi connectivity index (χ2v) is 5.51. The first-order valence-electron chi connectivity index (χ1n) is 7.07. The largest absolute Gasteiger partial charge is 0.383 e. The number of rotatable bonds is 3. The SMILES string of the molecule is CCc1nc(N)c(C)c(N2CCC(N(C)C)CC2)n1. The Kier molecular flexibility index (Phi) is 4.24. The van der Waals surface area contributed by atoms with Crippen molar-refractivity contribution in [3.8, 4) is 0 Å². The Balaban J connectivity index is 2.17. The van der Waals surface area contributed by atoms with Gasteiger partial charge in [-0.2, -0.15) is 0 Å². The molecule has 1 fully saturated rings. The molecule has 0 aliphatic carbocycles. The van der Waals surface area contributed by atoms with E-state index < -0.39 is 0 Å². The Morgan fingerprint density at radius 1 is 1.26 bits per heavy atom. The van der Waals surface area contributed by atoms with Gasteiger partial charge < -0.3 is 15.5 Å². The summed E-state index contributed by atoms with van der Waals surface area (Å²) in [6, 6.07) is 0.682. The molecule has 0 unspecified atom stereocenters. The van der Waals surface area contributed by atoms with Gasteiger partial charge in [0, 0.05) is 31.1 Å². The molecule has 19 heavy (non-hydrogen) atoms. The zero-order valence-corrected chi connectivity index (χ0v) is 12.5. The quantitative estimate of drug-likeness (QED) is 0.894. The van der Waals surface area contributed by atoms with E-state index in [1.807, 2.05) is 6.92 Å². The number of nitrogen functional groups attached to an aromatic ring is 1. The Labute approximate surface area is 115 Å². The molecule has 1 aromatic rings. The van der Waals surface area contributed by atoms with E-state index >= 15 is 0 Å². The smallest absolute Gasteiger partial charge is 0.137 e. The molecule has 0 saturated carbocycles. The fourth-order valence-electron chi connectivity index (χ4n) is 2.63. The second-order valence-electron chi connectivity index (χ2n) is 5.51. The molecular weight excluding hydrogens is 238 g/mol. The molecule has 106 valence electrons. The van der Waals surface area contributed by atoms with E-state index in [1.54, 1.807) is 0 Å². The molecule has 0 radical (unpaired) electrons. The summed E-state index contributed by atoms with van der Waals surface area (Å²) in [5.74, 6) is 2.49. The Morgan fingerprint density at radius 3 is 2.42 bits per heavy atom. The third-order valence-corrected chi connectivity index (χ3v) is 4.01. The lowest BCUT2D eigenvalue weighted by Gasteiger charge is -2.36. The number of hydrogen-bond donors (Lipinski definition) is 1. The van der Waals surface area contributed by atoms with Crippen molar-refractivity contribution in [1.29, 1.82) is 0 Å². The number of aryl methyl sites for hydroxylation is 1. The molecular formula is C14H25N5. The van der Waals surface area contributed by atoms with Crippen molar-refractivity contribution in [3.63, 3.8) is 0 Å². The summed E-state index contributed by atoms with van der Waals surface area (Å²) in [7, 11) is 4.31. The van der Waals surface area contributed by atoms with E-state index in [0.29, 0.717) is 11.9 Å². The van der Waals surface area contributed by atoms with Crippen LogP contribution in [-0.4, -0.2) is 48.1 Å². The van der Waals surface area contributed by atoms with Crippen molar-refractivity contribution >= 4 is 11.6 Å². The number of nitrogens with zero attached hydrogens (tertiary/aromatic N) is 4. The molecule has 1 saturated heterocycles. The van der Waals surface area contributed by atoms with Crippen LogP contribution in [0.3, 0.4) is 0 Å². The fourth-order valence-corrected chi connectivity index (χ4v) is 2.63. The molecule has 0 aromatic carbocycles. The van der Waals surface area contributed by atoms with Crippen LogP contribution in [0.25, 0.3) is 0 Å². The van der Waals surface area contributed by atoms with Gasteiger partial charge in [-0.3, -0.25) is 0 Å². The van der Waals surface area contributed by atoms with Crippen molar-refractivity contribution in [2.75, 3.05) is 37.8 Å². The first-order chi connectivity index (χ1) is 9.02. The molecule has 5 nitrogen and oxygen atoms in total. The van der Waals surface area contributed by atoms with Crippen LogP contribution in [0, 0.1) is 6.92 Å². The number of piperidine rings is 1. The van der Waals surface area contributed by atoms with Gasteiger partial charge in [0.1, 0.15) is 17.5 Å². The summed E-state index contributed by atoms with van der Waals surface area (Å²) in [5.41, 5.74) is 7.01. The van der Waals surface area contributed by atoms with Crippen molar-refractivity contribution < 1.29 is 0 Å². The molecule has 0 atom stereocenters. The maximum atomic E-state index is 5.99. The number of aromatic nitrogens is 2. The highest BCUT2D eigenvalue weighted by Crippen LogP contribution is 2.25. The van der Waals surface area contributed by atoms with E-state index in [9.17, 15) is 0 Å². The Bertz CT molecular complexity index is 436. The molecule has 1 aliphatic heterocycles. The minimum atomic E-state index is 0.622.